The number of nitrogens with zero attached hydrogens (tertiary/aromatic N) is 3. The Morgan fingerprint density at radius 2 is 1.92 bits per heavy atom. The van der Waals surface area contributed by atoms with E-state index in [1.165, 1.54) is 0 Å². The van der Waals surface area contributed by atoms with Crippen LogP contribution < -0.4 is 5.32 Å². The molecule has 0 bridgehead atoms. The van der Waals surface area contributed by atoms with Gasteiger partial charge in [-0.2, -0.15) is 5.10 Å². The van der Waals surface area contributed by atoms with Gasteiger partial charge in [-0.3, -0.25) is 9.48 Å². The number of carbonyl (C=O) groups excluding carboxylic acids is 1. The van der Waals surface area contributed by atoms with Crippen molar-refractivity contribution in [3.63, 3.8) is 0 Å². The Morgan fingerprint density at radius 3 is 2.54 bits per heavy atom. The van der Waals surface area contributed by atoms with E-state index >= 15 is 0 Å². The summed E-state index contributed by atoms with van der Waals surface area (Å²) in [5.41, 5.74) is 4.47. The second-order valence-corrected chi connectivity index (χ2v) is 6.76. The number of aryl methyl sites for hydroxylation is 3. The summed E-state index contributed by atoms with van der Waals surface area (Å²) in [5, 5.41) is 7.18. The number of rotatable bonds is 3. The Hall–Kier alpha value is -2.34. The predicted molar refractivity (Wildman–Crippen MR) is 98.8 cm³/mol. The molecular weight excluding hydrogens is 368 g/mol. The maximum absolute atomic E-state index is 12.7. The molecule has 0 saturated carbocycles. The van der Waals surface area contributed by atoms with Crippen molar-refractivity contribution in [2.75, 3.05) is 5.32 Å². The van der Waals surface area contributed by atoms with Gasteiger partial charge in [-0.1, -0.05) is 22.0 Å². The molecule has 0 aliphatic carbocycles. The average molecular weight is 387 g/mol. The molecule has 6 heteroatoms. The minimum Gasteiger partial charge on any atom is -0.318 e. The van der Waals surface area contributed by atoms with E-state index in [0.29, 0.717) is 11.4 Å². The zero-order valence-electron chi connectivity index (χ0n) is 14.1. The lowest BCUT2D eigenvalue weighted by Crippen LogP contribution is -2.15. The lowest BCUT2D eigenvalue weighted by Gasteiger charge is -2.10. The van der Waals surface area contributed by atoms with Gasteiger partial charge in [0.1, 0.15) is 5.82 Å². The highest BCUT2D eigenvalue weighted by atomic mass is 79.9. The van der Waals surface area contributed by atoms with E-state index in [0.717, 1.165) is 27.2 Å². The highest BCUT2D eigenvalue weighted by molar-refractivity contribution is 9.10. The summed E-state index contributed by atoms with van der Waals surface area (Å²) in [6, 6.07) is 11.8. The first-order chi connectivity index (χ1) is 11.4. The normalized spacial score (nSPS) is 10.9. The Morgan fingerprint density at radius 1 is 1.17 bits per heavy atom. The third-order valence-electron chi connectivity index (χ3n) is 3.99. The molecule has 1 aromatic carbocycles. The van der Waals surface area contributed by atoms with Crippen LogP contribution in [0, 0.1) is 20.8 Å². The molecule has 0 aliphatic rings. The second-order valence-electron chi connectivity index (χ2n) is 5.85. The maximum atomic E-state index is 12.7. The van der Waals surface area contributed by atoms with E-state index in [9.17, 15) is 4.79 Å². The minimum absolute atomic E-state index is 0.132. The number of amides is 1. The number of aromatic nitrogens is 3. The molecule has 3 aromatic rings. The van der Waals surface area contributed by atoms with Crippen molar-refractivity contribution in [3.05, 3.63) is 63.5 Å². The summed E-state index contributed by atoms with van der Waals surface area (Å²) in [6.45, 7) is 5.85. The first-order valence-corrected chi connectivity index (χ1v) is 8.43. The molecule has 0 atom stereocenters. The van der Waals surface area contributed by atoms with Gasteiger partial charge < -0.3 is 9.88 Å². The molecule has 124 valence electrons. The van der Waals surface area contributed by atoms with Gasteiger partial charge in [-0.25, -0.2) is 0 Å². The standard InChI is InChI=1S/C18H19BrN4O/c1-11-8-17(22(4)21-11)20-18(24)16-9-12(2)23(13(16)3)15-7-5-6-14(19)10-15/h5-10H,1-4H3,(H,20,24). The molecule has 0 aliphatic heterocycles. The van der Waals surface area contributed by atoms with Crippen molar-refractivity contribution in [1.29, 1.82) is 0 Å². The van der Waals surface area contributed by atoms with Crippen LogP contribution in [0.3, 0.4) is 0 Å². The molecule has 0 fully saturated rings. The quantitative estimate of drug-likeness (QED) is 0.734. The number of nitrogens with one attached hydrogen (secondary N) is 1. The summed E-state index contributed by atoms with van der Waals surface area (Å²) in [5.74, 6) is 0.553. The fourth-order valence-corrected chi connectivity index (χ4v) is 3.30. The van der Waals surface area contributed by atoms with Crippen LogP contribution in [0.5, 0.6) is 0 Å². The fraction of sp³-hybridized carbons (Fsp3) is 0.222. The number of halogens is 1. The van der Waals surface area contributed by atoms with Crippen molar-refractivity contribution in [2.45, 2.75) is 20.8 Å². The lowest BCUT2D eigenvalue weighted by molar-refractivity contribution is 0.102. The third-order valence-corrected chi connectivity index (χ3v) is 4.48. The van der Waals surface area contributed by atoms with Crippen LogP contribution in [0.2, 0.25) is 0 Å². The SMILES string of the molecule is Cc1cc(NC(=O)c2cc(C)n(-c3cccc(Br)c3)c2C)n(C)n1. The smallest absolute Gasteiger partial charge is 0.258 e. The highest BCUT2D eigenvalue weighted by Gasteiger charge is 2.18. The monoisotopic (exact) mass is 386 g/mol. The topological polar surface area (TPSA) is 51.9 Å². The molecule has 1 N–H and O–H groups in total. The Balaban J connectivity index is 1.96. The van der Waals surface area contributed by atoms with Crippen molar-refractivity contribution in [1.82, 2.24) is 14.3 Å². The largest absolute Gasteiger partial charge is 0.318 e. The molecule has 24 heavy (non-hydrogen) atoms. The van der Waals surface area contributed by atoms with Crippen molar-refractivity contribution < 1.29 is 4.79 Å². The molecule has 3 rings (SSSR count). The van der Waals surface area contributed by atoms with E-state index in [1.807, 2.05) is 64.2 Å². The lowest BCUT2D eigenvalue weighted by atomic mass is 10.2. The van der Waals surface area contributed by atoms with Crippen molar-refractivity contribution >= 4 is 27.7 Å². The van der Waals surface area contributed by atoms with E-state index in [1.54, 1.807) is 4.68 Å². The van der Waals surface area contributed by atoms with Crippen LogP contribution in [0.1, 0.15) is 27.4 Å². The summed E-state index contributed by atoms with van der Waals surface area (Å²) in [4.78, 5) is 12.7. The zero-order chi connectivity index (χ0) is 17.4. The molecule has 1 amide bonds. The van der Waals surface area contributed by atoms with E-state index in [4.69, 9.17) is 0 Å². The number of hydrogen-bond donors (Lipinski definition) is 1. The van der Waals surface area contributed by atoms with Crippen molar-refractivity contribution in [3.8, 4) is 5.69 Å². The average Bonchev–Trinajstić information content (AvgIpc) is 2.98. The minimum atomic E-state index is -0.132. The van der Waals surface area contributed by atoms with Gasteiger partial charge in [0, 0.05) is 34.7 Å². The number of anilines is 1. The van der Waals surface area contributed by atoms with Gasteiger partial charge in [0.2, 0.25) is 0 Å². The van der Waals surface area contributed by atoms with Crippen LogP contribution >= 0.6 is 15.9 Å². The Labute approximate surface area is 149 Å². The number of benzene rings is 1. The van der Waals surface area contributed by atoms with Crippen LogP contribution in [-0.4, -0.2) is 20.3 Å². The molecule has 0 radical (unpaired) electrons. The van der Waals surface area contributed by atoms with Gasteiger partial charge in [-0.15, -0.1) is 0 Å². The first-order valence-electron chi connectivity index (χ1n) is 7.63. The van der Waals surface area contributed by atoms with E-state index in [-0.39, 0.29) is 5.91 Å². The van der Waals surface area contributed by atoms with Crippen LogP contribution in [0.25, 0.3) is 5.69 Å². The summed E-state index contributed by atoms with van der Waals surface area (Å²) in [6.07, 6.45) is 0. The molecular formula is C18H19BrN4O. The van der Waals surface area contributed by atoms with Crippen molar-refractivity contribution in [2.24, 2.45) is 7.05 Å². The Kier molecular flexibility index (Phi) is 4.32. The maximum Gasteiger partial charge on any atom is 0.258 e. The van der Waals surface area contributed by atoms with Gasteiger partial charge in [-0.05, 0) is 45.0 Å². The second kappa shape index (κ2) is 6.28. The zero-order valence-corrected chi connectivity index (χ0v) is 15.7. The fourth-order valence-electron chi connectivity index (χ4n) is 2.92. The molecule has 0 spiro atoms. The first kappa shape index (κ1) is 16.5. The molecule has 0 saturated heterocycles. The Bertz CT molecular complexity index is 923. The highest BCUT2D eigenvalue weighted by Crippen LogP contribution is 2.24. The van der Waals surface area contributed by atoms with Crippen LogP contribution in [-0.2, 0) is 7.05 Å². The van der Waals surface area contributed by atoms with Gasteiger partial charge in [0.05, 0.1) is 11.3 Å². The van der Waals surface area contributed by atoms with Gasteiger partial charge in [0.15, 0.2) is 0 Å². The van der Waals surface area contributed by atoms with Gasteiger partial charge in [0.25, 0.3) is 5.91 Å². The molecule has 0 unspecified atom stereocenters. The molecule has 5 nitrogen and oxygen atoms in total. The number of hydrogen-bond acceptors (Lipinski definition) is 2. The van der Waals surface area contributed by atoms with E-state index in [2.05, 4.69) is 30.9 Å². The summed E-state index contributed by atoms with van der Waals surface area (Å²) < 4.78 is 4.75. The van der Waals surface area contributed by atoms with E-state index < -0.39 is 0 Å². The molecule has 2 aromatic heterocycles. The third kappa shape index (κ3) is 3.01. The predicted octanol–water partition coefficient (Wildman–Crippen LogP) is 4.15. The summed E-state index contributed by atoms with van der Waals surface area (Å²) >= 11 is 3.50. The summed E-state index contributed by atoms with van der Waals surface area (Å²) in [7, 11) is 1.81. The van der Waals surface area contributed by atoms with Gasteiger partial charge >= 0.3 is 0 Å². The van der Waals surface area contributed by atoms with Crippen LogP contribution in [0.15, 0.2) is 40.9 Å². The molecule has 2 heterocycles. The van der Waals surface area contributed by atoms with Crippen LogP contribution in [0.4, 0.5) is 5.82 Å². The number of carbonyl (C=O) groups is 1.